The predicted molar refractivity (Wildman–Crippen MR) is 94.4 cm³/mol. The van der Waals surface area contributed by atoms with Crippen LogP contribution < -0.4 is 15.0 Å². The van der Waals surface area contributed by atoms with Crippen LogP contribution in [0.5, 0.6) is 5.75 Å². The Labute approximate surface area is 142 Å². The molecule has 0 spiro atoms. The minimum atomic E-state index is -0.217. The molecule has 1 atom stereocenters. The molecular weight excluding hydrogens is 304 g/mol. The first kappa shape index (κ1) is 16.4. The average Bonchev–Trinajstić information content (AvgIpc) is 3.12. The molecule has 0 unspecified atom stereocenters. The van der Waals surface area contributed by atoms with E-state index in [1.165, 1.54) is 0 Å². The molecule has 3 rings (SSSR count). The van der Waals surface area contributed by atoms with Crippen molar-refractivity contribution in [3.63, 3.8) is 0 Å². The lowest BCUT2D eigenvalue weighted by atomic mass is 10.2. The van der Waals surface area contributed by atoms with Gasteiger partial charge in [0.1, 0.15) is 11.8 Å². The van der Waals surface area contributed by atoms with Crippen molar-refractivity contribution < 1.29 is 9.53 Å². The maximum atomic E-state index is 12.6. The normalized spacial score (nSPS) is 17.6. The van der Waals surface area contributed by atoms with Crippen molar-refractivity contribution in [3.8, 4) is 5.75 Å². The number of hydrogen-bond acceptors (Lipinski definition) is 4. The van der Waals surface area contributed by atoms with E-state index in [0.717, 1.165) is 23.5 Å². The van der Waals surface area contributed by atoms with Gasteiger partial charge in [-0.05, 0) is 24.5 Å². The van der Waals surface area contributed by atoms with Crippen molar-refractivity contribution in [2.75, 3.05) is 23.4 Å². The molecule has 0 bridgehead atoms. The summed E-state index contributed by atoms with van der Waals surface area (Å²) in [6.07, 6.45) is 4.35. The van der Waals surface area contributed by atoms with Crippen LogP contribution in [0.3, 0.4) is 0 Å². The van der Waals surface area contributed by atoms with Crippen LogP contribution in [-0.4, -0.2) is 34.9 Å². The summed E-state index contributed by atoms with van der Waals surface area (Å²) in [5.41, 5.74) is 1.75. The zero-order valence-corrected chi connectivity index (χ0v) is 14.4. The summed E-state index contributed by atoms with van der Waals surface area (Å²) < 4.78 is 7.45. The lowest BCUT2D eigenvalue weighted by Gasteiger charge is -2.16. The number of anilines is 2. The molecule has 0 aliphatic carbocycles. The van der Waals surface area contributed by atoms with Gasteiger partial charge in [0.15, 0.2) is 0 Å². The van der Waals surface area contributed by atoms with Gasteiger partial charge < -0.3 is 15.0 Å². The summed E-state index contributed by atoms with van der Waals surface area (Å²) in [6, 6.07) is 7.57. The summed E-state index contributed by atoms with van der Waals surface area (Å²) in [6.45, 7) is 5.62. The van der Waals surface area contributed by atoms with Gasteiger partial charge in [-0.2, -0.15) is 5.10 Å². The number of amides is 1. The quantitative estimate of drug-likeness (QED) is 0.886. The first-order chi connectivity index (χ1) is 11.5. The smallest absolute Gasteiger partial charge is 0.249 e. The number of nitrogens with zero attached hydrogens (tertiary/aromatic N) is 3. The number of nitrogens with one attached hydrogen (secondary N) is 1. The minimum Gasteiger partial charge on any atom is -0.493 e. The van der Waals surface area contributed by atoms with Crippen LogP contribution >= 0.6 is 0 Å². The standard InChI is InChI=1S/C18H24N4O2/c1-13(2)12-24-16-6-4-5-14(9-16)20-17-7-8-22(18(17)23)15-10-19-21(3)11-15/h4-6,9-11,13,17,20H,7-8,12H2,1-3H3/t17-/m1/s1. The Morgan fingerprint density at radius 2 is 2.25 bits per heavy atom. The van der Waals surface area contributed by atoms with Gasteiger partial charge in [-0.25, -0.2) is 0 Å². The van der Waals surface area contributed by atoms with Gasteiger partial charge in [-0.1, -0.05) is 19.9 Å². The van der Waals surface area contributed by atoms with Gasteiger partial charge in [0, 0.05) is 31.5 Å². The molecule has 6 nitrogen and oxygen atoms in total. The van der Waals surface area contributed by atoms with Crippen LogP contribution in [0.4, 0.5) is 11.4 Å². The molecule has 2 heterocycles. The number of carbonyl (C=O) groups is 1. The second-order valence-corrected chi connectivity index (χ2v) is 6.58. The number of aromatic nitrogens is 2. The molecule has 128 valence electrons. The van der Waals surface area contributed by atoms with E-state index in [9.17, 15) is 4.79 Å². The maximum Gasteiger partial charge on any atom is 0.249 e. The molecule has 2 aromatic rings. The van der Waals surface area contributed by atoms with E-state index < -0.39 is 0 Å². The lowest BCUT2D eigenvalue weighted by Crippen LogP contribution is -2.33. The van der Waals surface area contributed by atoms with Crippen LogP contribution in [0, 0.1) is 5.92 Å². The fraction of sp³-hybridized carbons (Fsp3) is 0.444. The number of ether oxygens (including phenoxy) is 1. The Hall–Kier alpha value is -2.50. The zero-order chi connectivity index (χ0) is 17.1. The molecule has 1 aromatic carbocycles. The molecule has 1 aliphatic rings. The van der Waals surface area contributed by atoms with E-state index in [1.54, 1.807) is 15.8 Å². The van der Waals surface area contributed by atoms with Crippen molar-refractivity contribution in [2.45, 2.75) is 26.3 Å². The molecule has 1 fully saturated rings. The van der Waals surface area contributed by atoms with Crippen LogP contribution in [0.2, 0.25) is 0 Å². The molecule has 0 radical (unpaired) electrons. The number of benzene rings is 1. The van der Waals surface area contributed by atoms with Gasteiger partial charge in [0.25, 0.3) is 0 Å². The van der Waals surface area contributed by atoms with Crippen LogP contribution in [0.1, 0.15) is 20.3 Å². The van der Waals surface area contributed by atoms with Crippen molar-refractivity contribution in [1.82, 2.24) is 9.78 Å². The Balaban J connectivity index is 1.64. The summed E-state index contributed by atoms with van der Waals surface area (Å²) in [7, 11) is 1.85. The first-order valence-corrected chi connectivity index (χ1v) is 8.32. The summed E-state index contributed by atoms with van der Waals surface area (Å²) >= 11 is 0. The molecule has 1 amide bonds. The highest BCUT2D eigenvalue weighted by Crippen LogP contribution is 2.25. The average molecular weight is 328 g/mol. The highest BCUT2D eigenvalue weighted by molar-refractivity contribution is 6.00. The second kappa shape index (κ2) is 6.95. The zero-order valence-electron chi connectivity index (χ0n) is 14.4. The molecule has 0 saturated carbocycles. The second-order valence-electron chi connectivity index (χ2n) is 6.58. The summed E-state index contributed by atoms with van der Waals surface area (Å²) in [5, 5.41) is 7.46. The van der Waals surface area contributed by atoms with Crippen LogP contribution in [0.15, 0.2) is 36.7 Å². The van der Waals surface area contributed by atoms with Gasteiger partial charge in [-0.3, -0.25) is 9.48 Å². The van der Waals surface area contributed by atoms with Crippen LogP contribution in [0.25, 0.3) is 0 Å². The number of aryl methyl sites for hydroxylation is 1. The van der Waals surface area contributed by atoms with Crippen molar-refractivity contribution in [2.24, 2.45) is 13.0 Å². The summed E-state index contributed by atoms with van der Waals surface area (Å²) in [5.74, 6) is 1.38. The summed E-state index contributed by atoms with van der Waals surface area (Å²) in [4.78, 5) is 14.4. The molecule has 1 aromatic heterocycles. The predicted octanol–water partition coefficient (Wildman–Crippen LogP) is 2.67. The van der Waals surface area contributed by atoms with E-state index in [0.29, 0.717) is 19.1 Å². The third-order valence-electron chi connectivity index (χ3n) is 3.97. The third-order valence-corrected chi connectivity index (χ3v) is 3.97. The Bertz CT molecular complexity index is 711. The van der Waals surface area contributed by atoms with Crippen LogP contribution in [-0.2, 0) is 11.8 Å². The topological polar surface area (TPSA) is 59.4 Å². The maximum absolute atomic E-state index is 12.6. The first-order valence-electron chi connectivity index (χ1n) is 8.32. The van der Waals surface area contributed by atoms with Crippen molar-refractivity contribution in [1.29, 1.82) is 0 Å². The van der Waals surface area contributed by atoms with E-state index in [-0.39, 0.29) is 11.9 Å². The Morgan fingerprint density at radius 1 is 1.42 bits per heavy atom. The number of carbonyl (C=O) groups excluding carboxylic acids is 1. The molecule has 24 heavy (non-hydrogen) atoms. The monoisotopic (exact) mass is 328 g/mol. The SMILES string of the molecule is CC(C)COc1cccc(N[C@@H]2CCN(c3cnn(C)c3)C2=O)c1. The molecule has 6 heteroatoms. The highest BCUT2D eigenvalue weighted by Gasteiger charge is 2.33. The Morgan fingerprint density at radius 3 is 2.96 bits per heavy atom. The molecule has 1 aliphatic heterocycles. The lowest BCUT2D eigenvalue weighted by molar-refractivity contribution is -0.117. The highest BCUT2D eigenvalue weighted by atomic mass is 16.5. The van der Waals surface area contributed by atoms with Crippen molar-refractivity contribution in [3.05, 3.63) is 36.7 Å². The largest absolute Gasteiger partial charge is 0.493 e. The number of rotatable bonds is 6. The van der Waals surface area contributed by atoms with E-state index in [2.05, 4.69) is 24.3 Å². The molecular formula is C18H24N4O2. The van der Waals surface area contributed by atoms with E-state index in [1.807, 2.05) is 37.5 Å². The fourth-order valence-corrected chi connectivity index (χ4v) is 2.76. The number of hydrogen-bond donors (Lipinski definition) is 1. The van der Waals surface area contributed by atoms with E-state index in [4.69, 9.17) is 4.74 Å². The van der Waals surface area contributed by atoms with E-state index >= 15 is 0 Å². The van der Waals surface area contributed by atoms with Gasteiger partial charge in [-0.15, -0.1) is 0 Å². The molecule has 1 N–H and O–H groups in total. The molecule has 1 saturated heterocycles. The minimum absolute atomic E-state index is 0.0801. The van der Waals surface area contributed by atoms with Gasteiger partial charge in [0.2, 0.25) is 5.91 Å². The van der Waals surface area contributed by atoms with Crippen molar-refractivity contribution >= 4 is 17.3 Å². The Kier molecular flexibility index (Phi) is 4.74. The third kappa shape index (κ3) is 3.69. The fourth-order valence-electron chi connectivity index (χ4n) is 2.76. The van der Waals surface area contributed by atoms with Gasteiger partial charge in [0.05, 0.1) is 18.5 Å². The van der Waals surface area contributed by atoms with Gasteiger partial charge >= 0.3 is 0 Å².